The molecule has 0 saturated carbocycles. The zero-order valence-corrected chi connectivity index (χ0v) is 14.9. The molecule has 2 N–H and O–H groups in total. The summed E-state index contributed by atoms with van der Waals surface area (Å²) in [5, 5.41) is 19.3. The third-order valence-corrected chi connectivity index (χ3v) is 5.06. The van der Waals surface area contributed by atoms with Crippen molar-refractivity contribution in [1.29, 1.82) is 0 Å². The first-order valence-corrected chi connectivity index (χ1v) is 8.85. The quantitative estimate of drug-likeness (QED) is 0.861. The molecule has 0 radical (unpaired) electrons. The van der Waals surface area contributed by atoms with E-state index in [1.54, 1.807) is 36.4 Å². The van der Waals surface area contributed by atoms with E-state index in [4.69, 9.17) is 5.11 Å². The van der Waals surface area contributed by atoms with Gasteiger partial charge in [0.2, 0.25) is 0 Å². The van der Waals surface area contributed by atoms with Gasteiger partial charge < -0.3 is 10.2 Å². The number of fused-ring (bicyclic) bond motifs is 1. The Bertz CT molecular complexity index is 1020. The van der Waals surface area contributed by atoms with E-state index in [9.17, 15) is 14.7 Å². The Morgan fingerprint density at radius 1 is 1.07 bits per heavy atom. The monoisotopic (exact) mass is 374 g/mol. The van der Waals surface area contributed by atoms with Gasteiger partial charge in [-0.2, -0.15) is 0 Å². The standard InChI is InChI=1S/C22H18N2O4/c25-19-8-4-7-18-23-14-22(21(28)24(18)19,16-5-2-1-3-6-16)17-11-9-15(10-12-17)13-20(26)27/h1-12,25H,13-14H2,(H,26,27). The maximum absolute atomic E-state index is 13.7. The van der Waals surface area contributed by atoms with Crippen LogP contribution in [0, 0.1) is 0 Å². The SMILES string of the molecule is O=C(O)Cc1ccc(C2(c3ccccc3)CN=C3C=CC=C(O)N3C2=O)cc1. The van der Waals surface area contributed by atoms with Gasteiger partial charge in [-0.3, -0.25) is 14.6 Å². The molecule has 0 fully saturated rings. The van der Waals surface area contributed by atoms with Gasteiger partial charge in [0.25, 0.3) is 5.91 Å². The predicted molar refractivity (Wildman–Crippen MR) is 104 cm³/mol. The van der Waals surface area contributed by atoms with Gasteiger partial charge in [-0.05, 0) is 28.8 Å². The molecule has 2 aliphatic rings. The minimum atomic E-state index is -1.11. The summed E-state index contributed by atoms with van der Waals surface area (Å²) in [6.45, 7) is 0.192. The van der Waals surface area contributed by atoms with Crippen molar-refractivity contribution in [3.05, 3.63) is 95.4 Å². The number of aliphatic hydroxyl groups is 1. The highest BCUT2D eigenvalue weighted by atomic mass is 16.4. The number of nitrogens with zero attached hydrogens (tertiary/aromatic N) is 2. The number of aliphatic imine (C=N–C) groups is 1. The van der Waals surface area contributed by atoms with Crippen LogP contribution in [0.2, 0.25) is 0 Å². The van der Waals surface area contributed by atoms with Crippen LogP contribution in [0.1, 0.15) is 16.7 Å². The number of aliphatic hydroxyl groups excluding tert-OH is 1. The zero-order valence-electron chi connectivity index (χ0n) is 14.9. The van der Waals surface area contributed by atoms with E-state index in [-0.39, 0.29) is 24.8 Å². The second kappa shape index (κ2) is 6.81. The zero-order chi connectivity index (χ0) is 19.7. The molecule has 6 nitrogen and oxygen atoms in total. The number of rotatable bonds is 4. The minimum absolute atomic E-state index is 0.0880. The largest absolute Gasteiger partial charge is 0.494 e. The van der Waals surface area contributed by atoms with E-state index < -0.39 is 11.4 Å². The summed E-state index contributed by atoms with van der Waals surface area (Å²) in [5.41, 5.74) is 0.995. The molecule has 2 heterocycles. The normalized spacial score (nSPS) is 21.0. The van der Waals surface area contributed by atoms with Gasteiger partial charge in [0.1, 0.15) is 11.3 Å². The van der Waals surface area contributed by atoms with Crippen molar-refractivity contribution in [1.82, 2.24) is 4.90 Å². The number of amidine groups is 1. The first kappa shape index (κ1) is 17.7. The van der Waals surface area contributed by atoms with Crippen molar-refractivity contribution >= 4 is 17.7 Å². The number of hydrogen-bond acceptors (Lipinski definition) is 4. The molecule has 28 heavy (non-hydrogen) atoms. The van der Waals surface area contributed by atoms with Gasteiger partial charge >= 0.3 is 5.97 Å². The van der Waals surface area contributed by atoms with Gasteiger partial charge in [-0.1, -0.05) is 60.7 Å². The molecule has 2 aliphatic heterocycles. The number of hydrogen-bond donors (Lipinski definition) is 2. The molecule has 0 saturated heterocycles. The van der Waals surface area contributed by atoms with Crippen molar-refractivity contribution in [2.24, 2.45) is 4.99 Å². The average Bonchev–Trinajstić information content (AvgIpc) is 2.70. The van der Waals surface area contributed by atoms with E-state index in [0.717, 1.165) is 5.56 Å². The maximum atomic E-state index is 13.7. The molecule has 0 bridgehead atoms. The van der Waals surface area contributed by atoms with Crippen LogP contribution in [0.25, 0.3) is 0 Å². The Labute approximate surface area is 161 Å². The lowest BCUT2D eigenvalue weighted by Crippen LogP contribution is -2.55. The average molecular weight is 374 g/mol. The van der Waals surface area contributed by atoms with Crippen LogP contribution in [0.5, 0.6) is 0 Å². The molecule has 1 atom stereocenters. The van der Waals surface area contributed by atoms with Crippen molar-refractivity contribution in [2.75, 3.05) is 6.54 Å². The second-order valence-corrected chi connectivity index (χ2v) is 6.74. The second-order valence-electron chi connectivity index (χ2n) is 6.74. The third-order valence-electron chi connectivity index (χ3n) is 5.06. The van der Waals surface area contributed by atoms with Gasteiger partial charge in [0.05, 0.1) is 13.0 Å². The topological polar surface area (TPSA) is 90.2 Å². The van der Waals surface area contributed by atoms with Crippen LogP contribution < -0.4 is 0 Å². The minimum Gasteiger partial charge on any atom is -0.494 e. The van der Waals surface area contributed by atoms with Crippen LogP contribution in [-0.2, 0) is 21.4 Å². The Balaban J connectivity index is 1.87. The lowest BCUT2D eigenvalue weighted by Gasteiger charge is -2.40. The molecule has 1 amide bonds. The van der Waals surface area contributed by atoms with Crippen LogP contribution in [0.15, 0.2) is 83.7 Å². The predicted octanol–water partition coefficient (Wildman–Crippen LogP) is 2.81. The summed E-state index contributed by atoms with van der Waals surface area (Å²) < 4.78 is 0. The molecule has 140 valence electrons. The molecule has 4 rings (SSSR count). The van der Waals surface area contributed by atoms with E-state index in [1.807, 2.05) is 30.3 Å². The first-order chi connectivity index (χ1) is 13.5. The fourth-order valence-corrected chi connectivity index (χ4v) is 3.68. The Morgan fingerprint density at radius 2 is 1.75 bits per heavy atom. The summed E-state index contributed by atoms with van der Waals surface area (Å²) in [5.74, 6) is -0.982. The summed E-state index contributed by atoms with van der Waals surface area (Å²) >= 11 is 0. The Morgan fingerprint density at radius 3 is 2.43 bits per heavy atom. The number of carboxylic acid groups (broad SMARTS) is 1. The smallest absolute Gasteiger partial charge is 0.307 e. The Hall–Kier alpha value is -3.67. The fourth-order valence-electron chi connectivity index (χ4n) is 3.68. The highest BCUT2D eigenvalue weighted by Gasteiger charge is 2.49. The molecule has 2 aromatic carbocycles. The number of carbonyl (C=O) groups excluding carboxylic acids is 1. The first-order valence-electron chi connectivity index (χ1n) is 8.85. The number of benzene rings is 2. The Kier molecular flexibility index (Phi) is 4.31. The van der Waals surface area contributed by atoms with Crippen LogP contribution in [0.3, 0.4) is 0 Å². The maximum Gasteiger partial charge on any atom is 0.307 e. The summed E-state index contributed by atoms with van der Waals surface area (Å²) in [4.78, 5) is 30.4. The lowest BCUT2D eigenvalue weighted by molar-refractivity contribution is -0.136. The molecule has 0 aromatic heterocycles. The molecule has 6 heteroatoms. The highest BCUT2D eigenvalue weighted by molar-refractivity contribution is 6.12. The molecular weight excluding hydrogens is 356 g/mol. The van der Waals surface area contributed by atoms with Crippen LogP contribution in [-0.4, -0.2) is 39.4 Å². The molecule has 0 spiro atoms. The summed E-state index contributed by atoms with van der Waals surface area (Å²) in [7, 11) is 0. The fraction of sp³-hybridized carbons (Fsp3) is 0.136. The summed E-state index contributed by atoms with van der Waals surface area (Å²) in [6.07, 6.45) is 4.69. The number of carboxylic acids is 1. The van der Waals surface area contributed by atoms with Gasteiger partial charge in [-0.25, -0.2) is 4.90 Å². The number of amides is 1. The third kappa shape index (κ3) is 2.79. The van der Waals surface area contributed by atoms with Crippen molar-refractivity contribution < 1.29 is 19.8 Å². The van der Waals surface area contributed by atoms with Crippen LogP contribution >= 0.6 is 0 Å². The van der Waals surface area contributed by atoms with E-state index >= 15 is 0 Å². The van der Waals surface area contributed by atoms with E-state index in [2.05, 4.69) is 4.99 Å². The lowest BCUT2D eigenvalue weighted by atomic mass is 9.72. The van der Waals surface area contributed by atoms with E-state index in [0.29, 0.717) is 17.0 Å². The van der Waals surface area contributed by atoms with Gasteiger partial charge in [0, 0.05) is 0 Å². The molecule has 1 unspecified atom stereocenters. The number of carbonyl (C=O) groups is 2. The highest BCUT2D eigenvalue weighted by Crippen LogP contribution is 2.39. The van der Waals surface area contributed by atoms with Crippen molar-refractivity contribution in [3.63, 3.8) is 0 Å². The van der Waals surface area contributed by atoms with Gasteiger partial charge in [0.15, 0.2) is 5.88 Å². The van der Waals surface area contributed by atoms with Gasteiger partial charge in [-0.15, -0.1) is 0 Å². The van der Waals surface area contributed by atoms with Crippen molar-refractivity contribution in [3.8, 4) is 0 Å². The molecule has 0 aliphatic carbocycles. The molecular formula is C22H18N2O4. The van der Waals surface area contributed by atoms with E-state index in [1.165, 1.54) is 11.0 Å². The van der Waals surface area contributed by atoms with Crippen LogP contribution in [0.4, 0.5) is 0 Å². The number of allylic oxidation sites excluding steroid dienone is 2. The molecule has 2 aromatic rings. The van der Waals surface area contributed by atoms with Crippen molar-refractivity contribution in [2.45, 2.75) is 11.8 Å². The number of aliphatic carboxylic acids is 1. The summed E-state index contributed by atoms with van der Waals surface area (Å²) in [6, 6.07) is 16.3.